The van der Waals surface area contributed by atoms with Crippen LogP contribution in [0.4, 0.5) is 0 Å². The molecule has 1 rings (SSSR count). The Morgan fingerprint density at radius 2 is 2.06 bits per heavy atom. The molecule has 1 N–H and O–H groups in total. The minimum atomic E-state index is -0.889. The topological polar surface area (TPSA) is 54.4 Å². The molecule has 1 atom stereocenters. The van der Waals surface area contributed by atoms with Gasteiger partial charge in [-0.15, -0.1) is 0 Å². The van der Waals surface area contributed by atoms with Crippen molar-refractivity contribution in [1.29, 1.82) is 0 Å². The number of hydrogen-bond acceptors (Lipinski definition) is 2. The molecule has 3 nitrogen and oxygen atoms in total. The summed E-state index contributed by atoms with van der Waals surface area (Å²) in [6.07, 6.45) is -0.0447. The highest BCUT2D eigenvalue weighted by Crippen LogP contribution is 2.22. The summed E-state index contributed by atoms with van der Waals surface area (Å²) in [7, 11) is 0. The van der Waals surface area contributed by atoms with Gasteiger partial charge >= 0.3 is 5.97 Å². The summed E-state index contributed by atoms with van der Waals surface area (Å²) >= 11 is 6.48. The second kappa shape index (κ2) is 5.59. The summed E-state index contributed by atoms with van der Waals surface area (Å²) in [4.78, 5) is 22.0. The zero-order valence-electron chi connectivity index (χ0n) is 8.54. The van der Waals surface area contributed by atoms with E-state index in [1.165, 1.54) is 0 Å². The van der Waals surface area contributed by atoms with Crippen LogP contribution in [0.2, 0.25) is 0 Å². The van der Waals surface area contributed by atoms with E-state index in [0.717, 1.165) is 0 Å². The van der Waals surface area contributed by atoms with Gasteiger partial charge in [-0.25, -0.2) is 0 Å². The third-order valence-electron chi connectivity index (χ3n) is 2.02. The van der Waals surface area contributed by atoms with Crippen LogP contribution in [0.3, 0.4) is 0 Å². The van der Waals surface area contributed by atoms with Crippen LogP contribution in [-0.4, -0.2) is 21.7 Å². The quantitative estimate of drug-likeness (QED) is 0.671. The highest BCUT2D eigenvalue weighted by atomic mass is 79.9. The van der Waals surface area contributed by atoms with E-state index in [1.54, 1.807) is 25.1 Å². The first-order chi connectivity index (χ1) is 7.41. The summed E-state index contributed by atoms with van der Waals surface area (Å²) < 4.78 is 0.627. The number of alkyl halides is 1. The van der Waals surface area contributed by atoms with Crippen molar-refractivity contribution < 1.29 is 14.7 Å². The lowest BCUT2D eigenvalue weighted by molar-refractivity contribution is -0.136. The Hall–Kier alpha value is -0.680. The zero-order chi connectivity index (χ0) is 12.3. The fourth-order valence-electron chi connectivity index (χ4n) is 1.26. The molecule has 1 aromatic carbocycles. The predicted molar refractivity (Wildman–Crippen MR) is 68.2 cm³/mol. The van der Waals surface area contributed by atoms with E-state index in [4.69, 9.17) is 5.11 Å². The molecule has 0 fully saturated rings. The maximum absolute atomic E-state index is 11.7. The molecule has 0 spiro atoms. The molecule has 0 amide bonds. The number of ketones is 1. The molecule has 0 aliphatic rings. The van der Waals surface area contributed by atoms with Crippen LogP contribution in [0, 0.1) is 0 Å². The monoisotopic (exact) mass is 348 g/mol. The minimum Gasteiger partial charge on any atom is -0.481 e. The van der Waals surface area contributed by atoms with Gasteiger partial charge in [0, 0.05) is 10.0 Å². The second-order valence-corrected chi connectivity index (χ2v) is 5.59. The lowest BCUT2D eigenvalue weighted by Crippen LogP contribution is -2.11. The molecule has 86 valence electrons. The molecular weight excluding hydrogens is 340 g/mol. The maximum atomic E-state index is 11.7. The molecule has 1 unspecified atom stereocenters. The number of hydrogen-bond donors (Lipinski definition) is 1. The van der Waals surface area contributed by atoms with E-state index in [0.29, 0.717) is 15.6 Å². The number of rotatable bonds is 4. The van der Waals surface area contributed by atoms with Crippen LogP contribution in [0.5, 0.6) is 0 Å². The SMILES string of the molecule is CC(Br)C(=O)c1ccc(CC(=O)O)cc1Br. The molecular formula is C11H10Br2O3. The van der Waals surface area contributed by atoms with Gasteiger partial charge in [-0.1, -0.05) is 37.9 Å². The number of carboxylic acids is 1. The second-order valence-electron chi connectivity index (χ2n) is 3.36. The van der Waals surface area contributed by atoms with Crippen LogP contribution in [0.15, 0.2) is 22.7 Å². The molecule has 16 heavy (non-hydrogen) atoms. The highest BCUT2D eigenvalue weighted by Gasteiger charge is 2.15. The smallest absolute Gasteiger partial charge is 0.307 e. The van der Waals surface area contributed by atoms with Gasteiger partial charge in [0.1, 0.15) is 0 Å². The molecule has 0 aliphatic carbocycles. The van der Waals surface area contributed by atoms with Crippen molar-refractivity contribution in [3.8, 4) is 0 Å². The van der Waals surface area contributed by atoms with Crippen LogP contribution >= 0.6 is 31.9 Å². The van der Waals surface area contributed by atoms with E-state index in [2.05, 4.69) is 31.9 Å². The van der Waals surface area contributed by atoms with Gasteiger partial charge in [-0.2, -0.15) is 0 Å². The lowest BCUT2D eigenvalue weighted by Gasteiger charge is -2.07. The van der Waals surface area contributed by atoms with Crippen molar-refractivity contribution >= 4 is 43.6 Å². The normalized spacial score (nSPS) is 12.2. The summed E-state index contributed by atoms with van der Waals surface area (Å²) in [5.74, 6) is -0.923. The molecule has 0 saturated carbocycles. The van der Waals surface area contributed by atoms with E-state index in [1.807, 2.05) is 0 Å². The van der Waals surface area contributed by atoms with Gasteiger partial charge in [-0.3, -0.25) is 9.59 Å². The fraction of sp³-hybridized carbons (Fsp3) is 0.273. The van der Waals surface area contributed by atoms with Gasteiger partial charge in [0.2, 0.25) is 0 Å². The number of carbonyl (C=O) groups excluding carboxylic acids is 1. The van der Waals surface area contributed by atoms with Crippen molar-refractivity contribution in [1.82, 2.24) is 0 Å². The standard InChI is InChI=1S/C11H10Br2O3/c1-6(12)11(16)8-3-2-7(4-9(8)13)5-10(14)15/h2-4,6H,5H2,1H3,(H,14,15). The minimum absolute atomic E-state index is 0.0336. The first kappa shape index (κ1) is 13.4. The molecule has 0 heterocycles. The molecule has 0 aliphatic heterocycles. The Bertz CT molecular complexity index is 427. The molecule has 0 radical (unpaired) electrons. The van der Waals surface area contributed by atoms with Gasteiger partial charge in [-0.05, 0) is 24.6 Å². The Morgan fingerprint density at radius 1 is 1.44 bits per heavy atom. The van der Waals surface area contributed by atoms with Gasteiger partial charge in [0.05, 0.1) is 11.2 Å². The first-order valence-electron chi connectivity index (χ1n) is 4.60. The Morgan fingerprint density at radius 3 is 2.50 bits per heavy atom. The Kier molecular flexibility index (Phi) is 4.68. The number of halogens is 2. The predicted octanol–water partition coefficient (Wildman–Crippen LogP) is 3.04. The average molecular weight is 350 g/mol. The Balaban J connectivity index is 3.00. The molecule has 1 aromatic rings. The summed E-state index contributed by atoms with van der Waals surface area (Å²) in [5.41, 5.74) is 1.22. The third-order valence-corrected chi connectivity index (χ3v) is 3.09. The number of benzene rings is 1. The highest BCUT2D eigenvalue weighted by molar-refractivity contribution is 9.10. The van der Waals surface area contributed by atoms with Crippen molar-refractivity contribution in [3.05, 3.63) is 33.8 Å². The molecule has 0 bridgehead atoms. The van der Waals surface area contributed by atoms with E-state index < -0.39 is 5.97 Å². The molecule has 0 aromatic heterocycles. The fourth-order valence-corrected chi connectivity index (χ4v) is 2.13. The van der Waals surface area contributed by atoms with Crippen LogP contribution in [-0.2, 0) is 11.2 Å². The van der Waals surface area contributed by atoms with Crippen LogP contribution < -0.4 is 0 Å². The summed E-state index contributed by atoms with van der Waals surface area (Å²) in [6, 6.07) is 4.96. The van der Waals surface area contributed by atoms with Gasteiger partial charge < -0.3 is 5.11 Å². The largest absolute Gasteiger partial charge is 0.481 e. The first-order valence-corrected chi connectivity index (χ1v) is 6.31. The number of aliphatic carboxylic acids is 1. The van der Waals surface area contributed by atoms with Crippen molar-refractivity contribution in [2.75, 3.05) is 0 Å². The Labute approximate surface area is 110 Å². The molecule has 5 heteroatoms. The van der Waals surface area contributed by atoms with Crippen molar-refractivity contribution in [2.45, 2.75) is 18.2 Å². The van der Waals surface area contributed by atoms with Crippen molar-refractivity contribution in [2.24, 2.45) is 0 Å². The van der Waals surface area contributed by atoms with Crippen LogP contribution in [0.25, 0.3) is 0 Å². The molecule has 0 saturated heterocycles. The van der Waals surface area contributed by atoms with E-state index >= 15 is 0 Å². The number of carboxylic acid groups (broad SMARTS) is 1. The third kappa shape index (κ3) is 3.42. The van der Waals surface area contributed by atoms with Crippen molar-refractivity contribution in [3.63, 3.8) is 0 Å². The van der Waals surface area contributed by atoms with Gasteiger partial charge in [0.15, 0.2) is 5.78 Å². The van der Waals surface area contributed by atoms with E-state index in [-0.39, 0.29) is 17.0 Å². The average Bonchev–Trinajstić information content (AvgIpc) is 2.15. The summed E-state index contributed by atoms with van der Waals surface area (Å²) in [5, 5.41) is 8.63. The lowest BCUT2D eigenvalue weighted by atomic mass is 10.1. The van der Waals surface area contributed by atoms with Gasteiger partial charge in [0.25, 0.3) is 0 Å². The number of carbonyl (C=O) groups is 2. The van der Waals surface area contributed by atoms with E-state index in [9.17, 15) is 9.59 Å². The van der Waals surface area contributed by atoms with Crippen LogP contribution in [0.1, 0.15) is 22.8 Å². The maximum Gasteiger partial charge on any atom is 0.307 e. The summed E-state index contributed by atoms with van der Waals surface area (Å²) in [6.45, 7) is 1.75. The number of Topliss-reactive ketones (excluding diaryl/α,β-unsaturated/α-hetero) is 1. The zero-order valence-corrected chi connectivity index (χ0v) is 11.7.